The van der Waals surface area contributed by atoms with Gasteiger partial charge in [-0.2, -0.15) is 5.10 Å². The highest BCUT2D eigenvalue weighted by Gasteiger charge is 2.10. The van der Waals surface area contributed by atoms with Crippen molar-refractivity contribution >= 4 is 5.97 Å². The van der Waals surface area contributed by atoms with Gasteiger partial charge in [0, 0.05) is 6.07 Å². The third kappa shape index (κ3) is 2.00. The van der Waals surface area contributed by atoms with Crippen molar-refractivity contribution in [1.82, 2.24) is 14.8 Å². The summed E-state index contributed by atoms with van der Waals surface area (Å²) in [6.45, 7) is 0. The Morgan fingerprint density at radius 1 is 1.44 bits per heavy atom. The van der Waals surface area contributed by atoms with Gasteiger partial charge in [-0.05, 0) is 12.1 Å². The minimum atomic E-state index is -0.977. The number of rotatable bonds is 3. The number of phenols is 1. The molecule has 0 fully saturated rings. The number of aromatic nitrogens is 3. The van der Waals surface area contributed by atoms with E-state index in [-0.39, 0.29) is 12.2 Å². The Bertz CT molecular complexity index is 522. The van der Waals surface area contributed by atoms with Gasteiger partial charge in [-0.25, -0.2) is 9.67 Å². The summed E-state index contributed by atoms with van der Waals surface area (Å²) in [4.78, 5) is 14.4. The molecule has 0 bridgehead atoms. The normalized spacial score (nSPS) is 10.2. The molecule has 2 aromatic rings. The number of hydrogen-bond donors (Lipinski definition) is 2. The molecule has 2 rings (SSSR count). The highest BCUT2D eigenvalue weighted by Crippen LogP contribution is 2.15. The molecule has 6 nitrogen and oxygen atoms in total. The molecule has 0 amide bonds. The molecule has 2 N–H and O–H groups in total. The highest BCUT2D eigenvalue weighted by atomic mass is 16.4. The maximum Gasteiger partial charge on any atom is 0.311 e. The van der Waals surface area contributed by atoms with Crippen LogP contribution in [0.2, 0.25) is 0 Å². The monoisotopic (exact) mass is 219 g/mol. The van der Waals surface area contributed by atoms with E-state index in [2.05, 4.69) is 10.1 Å². The van der Waals surface area contributed by atoms with E-state index in [0.717, 1.165) is 0 Å². The van der Waals surface area contributed by atoms with Gasteiger partial charge in [0.1, 0.15) is 24.3 Å². The second kappa shape index (κ2) is 4.01. The molecule has 1 heterocycles. The van der Waals surface area contributed by atoms with E-state index in [9.17, 15) is 9.90 Å². The summed E-state index contributed by atoms with van der Waals surface area (Å²) in [5, 5.41) is 21.9. The summed E-state index contributed by atoms with van der Waals surface area (Å²) in [6.07, 6.45) is 1.07. The van der Waals surface area contributed by atoms with Crippen LogP contribution in [0.25, 0.3) is 5.69 Å². The molecule has 6 heteroatoms. The Hall–Kier alpha value is -2.37. The fourth-order valence-electron chi connectivity index (χ4n) is 1.36. The number of carbonyl (C=O) groups is 1. The molecule has 0 atom stereocenters. The molecule has 1 aromatic heterocycles. The SMILES string of the molecule is O=C(O)Cc1ncnn1-c1cccc(O)c1. The molecule has 1 aromatic carbocycles. The van der Waals surface area contributed by atoms with Crippen LogP contribution in [0.1, 0.15) is 5.82 Å². The average molecular weight is 219 g/mol. The van der Waals surface area contributed by atoms with E-state index < -0.39 is 5.97 Å². The first-order valence-electron chi connectivity index (χ1n) is 4.57. The number of carboxylic acid groups (broad SMARTS) is 1. The molecule has 82 valence electrons. The lowest BCUT2D eigenvalue weighted by atomic mass is 10.3. The van der Waals surface area contributed by atoms with E-state index in [1.54, 1.807) is 12.1 Å². The largest absolute Gasteiger partial charge is 0.508 e. The van der Waals surface area contributed by atoms with Crippen LogP contribution in [0, 0.1) is 0 Å². The quantitative estimate of drug-likeness (QED) is 0.789. The van der Waals surface area contributed by atoms with E-state index in [0.29, 0.717) is 11.5 Å². The molecule has 0 unspecified atom stereocenters. The number of aromatic hydroxyl groups is 1. The molecule has 0 saturated heterocycles. The third-order valence-electron chi connectivity index (χ3n) is 2.00. The lowest BCUT2D eigenvalue weighted by Crippen LogP contribution is -2.08. The Kier molecular flexibility index (Phi) is 2.55. The highest BCUT2D eigenvalue weighted by molar-refractivity contribution is 5.69. The molecular formula is C10H9N3O3. The topological polar surface area (TPSA) is 88.2 Å². The zero-order valence-corrected chi connectivity index (χ0v) is 8.24. The van der Waals surface area contributed by atoms with E-state index in [1.807, 2.05) is 0 Å². The van der Waals surface area contributed by atoms with Crippen molar-refractivity contribution < 1.29 is 15.0 Å². The summed E-state index contributed by atoms with van der Waals surface area (Å²) in [5.74, 6) is -0.568. The van der Waals surface area contributed by atoms with E-state index >= 15 is 0 Å². The maximum absolute atomic E-state index is 10.6. The van der Waals surface area contributed by atoms with Gasteiger partial charge in [-0.1, -0.05) is 6.07 Å². The van der Waals surface area contributed by atoms with E-state index in [4.69, 9.17) is 5.11 Å². The second-order valence-electron chi connectivity index (χ2n) is 3.18. The predicted octanol–water partition coefficient (Wildman–Crippen LogP) is 0.600. The number of benzene rings is 1. The fourth-order valence-corrected chi connectivity index (χ4v) is 1.36. The number of nitrogens with zero attached hydrogens (tertiary/aromatic N) is 3. The van der Waals surface area contributed by atoms with Gasteiger partial charge in [-0.15, -0.1) is 0 Å². The van der Waals surface area contributed by atoms with Crippen LogP contribution in [0.4, 0.5) is 0 Å². The summed E-state index contributed by atoms with van der Waals surface area (Å²) < 4.78 is 1.38. The molecular weight excluding hydrogens is 210 g/mol. The summed E-state index contributed by atoms with van der Waals surface area (Å²) in [7, 11) is 0. The van der Waals surface area contributed by atoms with Gasteiger partial charge in [0.15, 0.2) is 0 Å². The van der Waals surface area contributed by atoms with Crippen LogP contribution in [-0.4, -0.2) is 30.9 Å². The van der Waals surface area contributed by atoms with Crippen molar-refractivity contribution in [2.24, 2.45) is 0 Å². The standard InChI is InChI=1S/C10H9N3O3/c14-8-3-1-2-7(4-8)13-9(5-10(15)16)11-6-12-13/h1-4,6,14H,5H2,(H,15,16). The van der Waals surface area contributed by atoms with Gasteiger partial charge in [0.05, 0.1) is 5.69 Å². The Morgan fingerprint density at radius 3 is 2.94 bits per heavy atom. The average Bonchev–Trinajstić information content (AvgIpc) is 2.65. The van der Waals surface area contributed by atoms with Crippen LogP contribution in [-0.2, 0) is 11.2 Å². The first-order chi connectivity index (χ1) is 7.66. The van der Waals surface area contributed by atoms with Crippen molar-refractivity contribution in [3.63, 3.8) is 0 Å². The third-order valence-corrected chi connectivity index (χ3v) is 2.00. The number of carboxylic acids is 1. The minimum absolute atomic E-state index is 0.0919. The second-order valence-corrected chi connectivity index (χ2v) is 3.18. The number of phenolic OH excluding ortho intramolecular Hbond substituents is 1. The lowest BCUT2D eigenvalue weighted by Gasteiger charge is -2.04. The van der Waals surface area contributed by atoms with Gasteiger partial charge in [0.25, 0.3) is 0 Å². The van der Waals surface area contributed by atoms with Crippen LogP contribution >= 0.6 is 0 Å². The Morgan fingerprint density at radius 2 is 2.25 bits per heavy atom. The van der Waals surface area contributed by atoms with Crippen LogP contribution in [0.5, 0.6) is 5.75 Å². The molecule has 0 aliphatic heterocycles. The molecule has 0 spiro atoms. The van der Waals surface area contributed by atoms with Crippen molar-refractivity contribution in [3.05, 3.63) is 36.4 Å². The summed E-state index contributed by atoms with van der Waals surface area (Å²) in [6, 6.07) is 6.37. The molecule has 16 heavy (non-hydrogen) atoms. The van der Waals surface area contributed by atoms with Gasteiger partial charge in [-0.3, -0.25) is 4.79 Å². The molecule has 0 saturated carbocycles. The van der Waals surface area contributed by atoms with Crippen molar-refractivity contribution in [2.45, 2.75) is 6.42 Å². The lowest BCUT2D eigenvalue weighted by molar-refractivity contribution is -0.136. The summed E-state index contributed by atoms with van der Waals surface area (Å²) in [5.41, 5.74) is 0.578. The van der Waals surface area contributed by atoms with Crippen molar-refractivity contribution in [1.29, 1.82) is 0 Å². The number of hydrogen-bond acceptors (Lipinski definition) is 4. The molecule has 0 aliphatic rings. The van der Waals surface area contributed by atoms with Gasteiger partial charge in [0.2, 0.25) is 0 Å². The predicted molar refractivity (Wildman–Crippen MR) is 54.4 cm³/mol. The van der Waals surface area contributed by atoms with Gasteiger partial charge >= 0.3 is 5.97 Å². The zero-order chi connectivity index (χ0) is 11.5. The zero-order valence-electron chi connectivity index (χ0n) is 8.24. The van der Waals surface area contributed by atoms with Crippen LogP contribution < -0.4 is 0 Å². The fraction of sp³-hybridized carbons (Fsp3) is 0.100. The van der Waals surface area contributed by atoms with E-state index in [1.165, 1.54) is 23.1 Å². The van der Waals surface area contributed by atoms with Crippen LogP contribution in [0.15, 0.2) is 30.6 Å². The Labute approximate surface area is 90.8 Å². The summed E-state index contributed by atoms with van der Waals surface area (Å²) >= 11 is 0. The maximum atomic E-state index is 10.6. The Balaban J connectivity index is 2.40. The first kappa shape index (κ1) is 10.2. The molecule has 0 aliphatic carbocycles. The van der Waals surface area contributed by atoms with Crippen molar-refractivity contribution in [2.75, 3.05) is 0 Å². The van der Waals surface area contributed by atoms with Crippen LogP contribution in [0.3, 0.4) is 0 Å². The number of aliphatic carboxylic acids is 1. The van der Waals surface area contributed by atoms with Gasteiger partial charge < -0.3 is 10.2 Å². The smallest absolute Gasteiger partial charge is 0.311 e. The van der Waals surface area contributed by atoms with Crippen molar-refractivity contribution in [3.8, 4) is 11.4 Å². The first-order valence-corrected chi connectivity index (χ1v) is 4.57. The minimum Gasteiger partial charge on any atom is -0.508 e. The molecule has 0 radical (unpaired) electrons.